The molecular formula is C27H25ClN2O6S. The third-order valence-corrected chi connectivity index (χ3v) is 6.54. The topological polar surface area (TPSA) is 119 Å². The summed E-state index contributed by atoms with van der Waals surface area (Å²) in [6.07, 6.45) is 0.954. The van der Waals surface area contributed by atoms with E-state index in [-0.39, 0.29) is 35.2 Å². The van der Waals surface area contributed by atoms with Gasteiger partial charge in [-0.25, -0.2) is 9.59 Å². The van der Waals surface area contributed by atoms with E-state index in [1.165, 1.54) is 17.4 Å². The summed E-state index contributed by atoms with van der Waals surface area (Å²) in [5.74, 6) is -1.29. The van der Waals surface area contributed by atoms with Crippen molar-refractivity contribution in [3.05, 3.63) is 68.3 Å². The van der Waals surface area contributed by atoms with Crippen LogP contribution in [-0.2, 0) is 14.3 Å². The molecule has 1 amide bonds. The number of halogens is 1. The number of anilines is 1. The maximum atomic E-state index is 12.9. The van der Waals surface area contributed by atoms with E-state index in [1.54, 1.807) is 58.0 Å². The van der Waals surface area contributed by atoms with Crippen LogP contribution in [0.15, 0.2) is 40.3 Å². The molecule has 0 saturated heterocycles. The maximum Gasteiger partial charge on any atom is 0.341 e. The molecule has 0 bridgehead atoms. The number of hydrogen-bond acceptors (Lipinski definition) is 8. The summed E-state index contributed by atoms with van der Waals surface area (Å²) in [5.41, 5.74) is 1.38. The van der Waals surface area contributed by atoms with E-state index >= 15 is 0 Å². The predicted molar refractivity (Wildman–Crippen MR) is 142 cm³/mol. The number of esters is 2. The van der Waals surface area contributed by atoms with E-state index in [4.69, 9.17) is 25.5 Å². The van der Waals surface area contributed by atoms with Gasteiger partial charge in [-0.1, -0.05) is 11.6 Å². The molecule has 0 aliphatic rings. The van der Waals surface area contributed by atoms with E-state index in [9.17, 15) is 19.6 Å². The second kappa shape index (κ2) is 11.9. The lowest BCUT2D eigenvalue weighted by Crippen LogP contribution is -2.16. The van der Waals surface area contributed by atoms with Crippen LogP contribution < -0.4 is 5.32 Å². The third kappa shape index (κ3) is 6.47. The second-order valence-corrected chi connectivity index (χ2v) is 9.84. The molecule has 2 aromatic heterocycles. The predicted octanol–water partition coefficient (Wildman–Crippen LogP) is 6.57. The monoisotopic (exact) mass is 540 g/mol. The van der Waals surface area contributed by atoms with Gasteiger partial charge in [0.15, 0.2) is 0 Å². The number of ether oxygens (including phenoxy) is 2. The Morgan fingerprint density at radius 3 is 2.57 bits per heavy atom. The fourth-order valence-corrected chi connectivity index (χ4v) is 4.59. The summed E-state index contributed by atoms with van der Waals surface area (Å²) >= 11 is 7.36. The quantitative estimate of drug-likeness (QED) is 0.195. The molecule has 8 nitrogen and oxygen atoms in total. The smallest absolute Gasteiger partial charge is 0.341 e. The Morgan fingerprint density at radius 2 is 1.92 bits per heavy atom. The van der Waals surface area contributed by atoms with Crippen LogP contribution in [0.4, 0.5) is 5.00 Å². The molecule has 1 aromatic carbocycles. The van der Waals surface area contributed by atoms with Gasteiger partial charge in [-0.3, -0.25) is 4.79 Å². The van der Waals surface area contributed by atoms with E-state index in [0.717, 1.165) is 4.88 Å². The summed E-state index contributed by atoms with van der Waals surface area (Å²) in [6, 6.07) is 9.70. The zero-order valence-corrected chi connectivity index (χ0v) is 22.5. The minimum absolute atomic E-state index is 0.189. The van der Waals surface area contributed by atoms with Crippen LogP contribution in [0, 0.1) is 25.2 Å². The maximum absolute atomic E-state index is 12.9. The number of nitriles is 1. The minimum Gasteiger partial charge on any atom is -0.462 e. The van der Waals surface area contributed by atoms with Gasteiger partial charge in [0.25, 0.3) is 5.91 Å². The average Bonchev–Trinajstić information content (AvgIpc) is 3.40. The Balaban J connectivity index is 1.90. The van der Waals surface area contributed by atoms with Gasteiger partial charge in [-0.15, -0.1) is 11.3 Å². The molecule has 0 saturated carbocycles. The average molecular weight is 541 g/mol. The van der Waals surface area contributed by atoms with Crippen LogP contribution in [0.1, 0.15) is 57.7 Å². The van der Waals surface area contributed by atoms with Crippen LogP contribution in [0.25, 0.3) is 17.4 Å². The Bertz CT molecular complexity index is 1430. The van der Waals surface area contributed by atoms with Gasteiger partial charge in [0, 0.05) is 21.5 Å². The number of carbonyl (C=O) groups is 3. The highest BCUT2D eigenvalue weighted by Gasteiger charge is 2.24. The molecule has 0 aliphatic carbocycles. The summed E-state index contributed by atoms with van der Waals surface area (Å²) in [7, 11) is 0. The molecule has 0 atom stereocenters. The molecule has 0 unspecified atom stereocenters. The molecular weight excluding hydrogens is 516 g/mol. The van der Waals surface area contributed by atoms with Crippen LogP contribution in [-0.4, -0.2) is 30.6 Å². The normalized spacial score (nSPS) is 11.2. The molecule has 3 aromatic rings. The molecule has 3 rings (SSSR count). The summed E-state index contributed by atoms with van der Waals surface area (Å²) < 4.78 is 16.2. The molecule has 10 heteroatoms. The fourth-order valence-electron chi connectivity index (χ4n) is 3.38. The van der Waals surface area contributed by atoms with Crippen molar-refractivity contribution >= 4 is 51.9 Å². The number of benzene rings is 1. The summed E-state index contributed by atoms with van der Waals surface area (Å²) in [6.45, 7) is 8.95. The summed E-state index contributed by atoms with van der Waals surface area (Å²) in [4.78, 5) is 38.7. The second-order valence-electron chi connectivity index (χ2n) is 8.18. The number of furan rings is 1. The van der Waals surface area contributed by atoms with Gasteiger partial charge >= 0.3 is 11.9 Å². The van der Waals surface area contributed by atoms with E-state index in [0.29, 0.717) is 26.9 Å². The highest BCUT2D eigenvalue weighted by molar-refractivity contribution is 7.16. The molecule has 0 radical (unpaired) electrons. The van der Waals surface area contributed by atoms with Gasteiger partial charge in [0.05, 0.1) is 23.8 Å². The summed E-state index contributed by atoms with van der Waals surface area (Å²) in [5, 5.41) is 13.0. The van der Waals surface area contributed by atoms with E-state index in [1.807, 2.05) is 13.0 Å². The standard InChI is InChI=1S/C27H25ClN2O6S/c1-6-34-27(33)23-15(4)16(5)37-25(23)30-24(31)17(13-29)11-19-8-10-22(36-19)21-12-18(28)7-9-20(21)26(32)35-14(2)3/h7-12,14H,6H2,1-5H3,(H,30,31)/b17-11-. The first-order chi connectivity index (χ1) is 17.5. The number of aryl methyl sites for hydroxylation is 1. The number of hydrogen-bond donors (Lipinski definition) is 1. The molecule has 192 valence electrons. The van der Waals surface area contributed by atoms with Crippen molar-refractivity contribution in [2.45, 2.75) is 40.7 Å². The van der Waals surface area contributed by atoms with Crippen molar-refractivity contribution < 1.29 is 28.3 Å². The molecule has 0 aliphatic heterocycles. The number of thiophene rings is 1. The number of nitrogens with one attached hydrogen (secondary N) is 1. The highest BCUT2D eigenvalue weighted by atomic mass is 35.5. The Labute approximate surface area is 223 Å². The lowest BCUT2D eigenvalue weighted by Gasteiger charge is -2.11. The number of carbonyl (C=O) groups excluding carboxylic acids is 3. The zero-order chi connectivity index (χ0) is 27.3. The van der Waals surface area contributed by atoms with Gasteiger partial charge in [-0.05, 0) is 70.5 Å². The van der Waals surface area contributed by atoms with E-state index in [2.05, 4.69) is 5.32 Å². The molecule has 2 heterocycles. The number of amides is 1. The van der Waals surface area contributed by atoms with E-state index < -0.39 is 17.8 Å². The first-order valence-electron chi connectivity index (χ1n) is 11.4. The fraction of sp³-hybridized carbons (Fsp3) is 0.259. The Kier molecular flexibility index (Phi) is 8.92. The Morgan fingerprint density at radius 1 is 1.19 bits per heavy atom. The van der Waals surface area contributed by atoms with Crippen LogP contribution >= 0.6 is 22.9 Å². The lowest BCUT2D eigenvalue weighted by molar-refractivity contribution is -0.112. The van der Waals surface area contributed by atoms with Crippen molar-refractivity contribution in [2.24, 2.45) is 0 Å². The third-order valence-electron chi connectivity index (χ3n) is 5.18. The molecule has 0 fully saturated rings. The van der Waals surface area contributed by atoms with Gasteiger partial charge in [0.1, 0.15) is 28.2 Å². The minimum atomic E-state index is -0.712. The largest absolute Gasteiger partial charge is 0.462 e. The SMILES string of the molecule is CCOC(=O)c1c(NC(=O)/C(C#N)=C\c2ccc(-c3cc(Cl)ccc3C(=O)OC(C)C)o2)sc(C)c1C. The van der Waals surface area contributed by atoms with Gasteiger partial charge in [-0.2, -0.15) is 5.26 Å². The first kappa shape index (κ1) is 27.7. The zero-order valence-electron chi connectivity index (χ0n) is 20.9. The molecule has 0 spiro atoms. The van der Waals surface area contributed by atoms with Crippen molar-refractivity contribution in [1.29, 1.82) is 5.26 Å². The lowest BCUT2D eigenvalue weighted by atomic mass is 10.1. The highest BCUT2D eigenvalue weighted by Crippen LogP contribution is 2.34. The van der Waals surface area contributed by atoms with Gasteiger partial charge < -0.3 is 19.2 Å². The van der Waals surface area contributed by atoms with Crippen molar-refractivity contribution in [2.75, 3.05) is 11.9 Å². The molecule has 37 heavy (non-hydrogen) atoms. The number of nitrogens with zero attached hydrogens (tertiary/aromatic N) is 1. The van der Waals surface area contributed by atoms with Crippen LogP contribution in [0.2, 0.25) is 5.02 Å². The number of rotatable bonds is 8. The van der Waals surface area contributed by atoms with Crippen molar-refractivity contribution in [3.8, 4) is 17.4 Å². The van der Waals surface area contributed by atoms with Gasteiger partial charge in [0.2, 0.25) is 0 Å². The Hall–Kier alpha value is -3.87. The van der Waals surface area contributed by atoms with Crippen molar-refractivity contribution in [1.82, 2.24) is 0 Å². The van der Waals surface area contributed by atoms with Crippen LogP contribution in [0.3, 0.4) is 0 Å². The van der Waals surface area contributed by atoms with Crippen LogP contribution in [0.5, 0.6) is 0 Å². The first-order valence-corrected chi connectivity index (χ1v) is 12.6. The molecule has 1 N–H and O–H groups in total. The van der Waals surface area contributed by atoms with Crippen molar-refractivity contribution in [3.63, 3.8) is 0 Å².